The molecular formula is C14H22FNO2. The van der Waals surface area contributed by atoms with E-state index < -0.39 is 0 Å². The highest BCUT2D eigenvalue weighted by Crippen LogP contribution is 2.21. The Morgan fingerprint density at radius 1 is 1.44 bits per heavy atom. The van der Waals surface area contributed by atoms with Crippen molar-refractivity contribution in [2.75, 3.05) is 13.7 Å². The molecule has 3 nitrogen and oxygen atoms in total. The van der Waals surface area contributed by atoms with E-state index in [1.54, 1.807) is 12.1 Å². The van der Waals surface area contributed by atoms with Crippen molar-refractivity contribution in [1.82, 2.24) is 5.32 Å². The van der Waals surface area contributed by atoms with Crippen molar-refractivity contribution in [3.05, 3.63) is 29.6 Å². The smallest absolute Gasteiger partial charge is 0.131 e. The Morgan fingerprint density at radius 3 is 2.72 bits per heavy atom. The number of hydrogen-bond donors (Lipinski definition) is 2. The van der Waals surface area contributed by atoms with Crippen LogP contribution in [0.3, 0.4) is 0 Å². The minimum atomic E-state index is -0.287. The summed E-state index contributed by atoms with van der Waals surface area (Å²) in [6, 6.07) is 4.77. The van der Waals surface area contributed by atoms with Crippen LogP contribution in [-0.2, 0) is 0 Å². The van der Waals surface area contributed by atoms with Crippen molar-refractivity contribution in [3.8, 4) is 5.75 Å². The molecule has 2 unspecified atom stereocenters. The first kappa shape index (κ1) is 14.9. The fourth-order valence-electron chi connectivity index (χ4n) is 1.77. The standard InChI is InChI=1S/C14H22FNO2/c1-4-11(17)7-8-16-10(2)13-6-5-12(18-3)9-14(13)15/h5-6,9-11,16-17H,4,7-8H2,1-3H3. The van der Waals surface area contributed by atoms with Gasteiger partial charge in [-0.15, -0.1) is 0 Å². The van der Waals surface area contributed by atoms with E-state index in [2.05, 4.69) is 5.32 Å². The van der Waals surface area contributed by atoms with Crippen LogP contribution in [0.25, 0.3) is 0 Å². The Kier molecular flexibility index (Phi) is 6.09. The van der Waals surface area contributed by atoms with Gasteiger partial charge < -0.3 is 15.2 Å². The van der Waals surface area contributed by atoms with Gasteiger partial charge in [-0.3, -0.25) is 0 Å². The van der Waals surface area contributed by atoms with Gasteiger partial charge in [0.05, 0.1) is 13.2 Å². The molecule has 4 heteroatoms. The van der Waals surface area contributed by atoms with Crippen molar-refractivity contribution in [1.29, 1.82) is 0 Å². The number of rotatable bonds is 7. The summed E-state index contributed by atoms with van der Waals surface area (Å²) in [5, 5.41) is 12.6. The molecule has 0 saturated heterocycles. The molecule has 2 atom stereocenters. The minimum absolute atomic E-state index is 0.0834. The fourth-order valence-corrected chi connectivity index (χ4v) is 1.77. The van der Waals surface area contributed by atoms with Gasteiger partial charge >= 0.3 is 0 Å². The number of halogens is 1. The van der Waals surface area contributed by atoms with Gasteiger partial charge in [0, 0.05) is 17.7 Å². The Hall–Kier alpha value is -1.13. The fraction of sp³-hybridized carbons (Fsp3) is 0.571. The lowest BCUT2D eigenvalue weighted by Gasteiger charge is -2.16. The molecule has 2 N–H and O–H groups in total. The van der Waals surface area contributed by atoms with E-state index in [1.165, 1.54) is 13.2 Å². The van der Waals surface area contributed by atoms with Gasteiger partial charge in [0.1, 0.15) is 11.6 Å². The van der Waals surface area contributed by atoms with Crippen LogP contribution in [0.1, 0.15) is 38.3 Å². The molecule has 0 amide bonds. The second-order valence-corrected chi connectivity index (χ2v) is 4.41. The van der Waals surface area contributed by atoms with Crippen LogP contribution in [0.15, 0.2) is 18.2 Å². The monoisotopic (exact) mass is 255 g/mol. The molecule has 1 aromatic carbocycles. The van der Waals surface area contributed by atoms with E-state index in [4.69, 9.17) is 4.74 Å². The summed E-state index contributed by atoms with van der Waals surface area (Å²) in [4.78, 5) is 0. The first-order valence-electron chi connectivity index (χ1n) is 6.33. The molecule has 0 radical (unpaired) electrons. The number of hydrogen-bond acceptors (Lipinski definition) is 3. The van der Waals surface area contributed by atoms with Crippen LogP contribution in [0.4, 0.5) is 4.39 Å². The molecule has 0 fully saturated rings. The lowest BCUT2D eigenvalue weighted by atomic mass is 10.1. The second kappa shape index (κ2) is 7.34. The molecule has 1 aromatic rings. The van der Waals surface area contributed by atoms with Gasteiger partial charge in [-0.1, -0.05) is 13.0 Å². The SMILES string of the molecule is CCC(O)CCNC(C)c1ccc(OC)cc1F. The molecule has 18 heavy (non-hydrogen) atoms. The van der Waals surface area contributed by atoms with Crippen molar-refractivity contribution in [3.63, 3.8) is 0 Å². The van der Waals surface area contributed by atoms with Crippen LogP contribution in [0, 0.1) is 5.82 Å². The molecule has 0 heterocycles. The van der Waals surface area contributed by atoms with Crippen LogP contribution < -0.4 is 10.1 Å². The quantitative estimate of drug-likeness (QED) is 0.787. The third-order valence-corrected chi connectivity index (χ3v) is 3.07. The van der Waals surface area contributed by atoms with Gasteiger partial charge in [0.15, 0.2) is 0 Å². The van der Waals surface area contributed by atoms with E-state index in [-0.39, 0.29) is 18.0 Å². The number of ether oxygens (including phenoxy) is 1. The summed E-state index contributed by atoms with van der Waals surface area (Å²) >= 11 is 0. The van der Waals surface area contributed by atoms with Crippen molar-refractivity contribution in [2.45, 2.75) is 38.8 Å². The lowest BCUT2D eigenvalue weighted by molar-refractivity contribution is 0.158. The van der Waals surface area contributed by atoms with Gasteiger partial charge in [-0.05, 0) is 32.4 Å². The molecular weight excluding hydrogens is 233 g/mol. The summed E-state index contributed by atoms with van der Waals surface area (Å²) in [7, 11) is 1.52. The molecule has 0 aliphatic rings. The summed E-state index contributed by atoms with van der Waals surface area (Å²) < 4.78 is 18.7. The highest BCUT2D eigenvalue weighted by molar-refractivity contribution is 5.30. The third-order valence-electron chi connectivity index (χ3n) is 3.07. The molecule has 0 aliphatic carbocycles. The van der Waals surface area contributed by atoms with Crippen LogP contribution in [0.2, 0.25) is 0 Å². The van der Waals surface area contributed by atoms with Crippen molar-refractivity contribution < 1.29 is 14.2 Å². The zero-order chi connectivity index (χ0) is 13.5. The largest absolute Gasteiger partial charge is 0.497 e. The maximum atomic E-state index is 13.8. The van der Waals surface area contributed by atoms with Gasteiger partial charge in [-0.25, -0.2) is 4.39 Å². The third kappa shape index (κ3) is 4.27. The average Bonchev–Trinajstić information content (AvgIpc) is 2.37. The predicted octanol–water partition coefficient (Wildman–Crippen LogP) is 2.65. The van der Waals surface area contributed by atoms with Gasteiger partial charge in [0.2, 0.25) is 0 Å². The zero-order valence-electron chi connectivity index (χ0n) is 11.2. The van der Waals surface area contributed by atoms with E-state index in [1.807, 2.05) is 13.8 Å². The number of aliphatic hydroxyl groups excluding tert-OH is 1. The van der Waals surface area contributed by atoms with Crippen LogP contribution in [0.5, 0.6) is 5.75 Å². The summed E-state index contributed by atoms with van der Waals surface area (Å²) in [6.45, 7) is 4.52. The first-order valence-corrected chi connectivity index (χ1v) is 6.33. The Bertz CT molecular complexity index is 371. The Balaban J connectivity index is 2.53. The Labute approximate surface area is 108 Å². The molecule has 0 aliphatic heterocycles. The minimum Gasteiger partial charge on any atom is -0.497 e. The van der Waals surface area contributed by atoms with E-state index in [0.717, 1.165) is 6.42 Å². The summed E-state index contributed by atoms with van der Waals surface area (Å²) in [5.74, 6) is 0.246. The molecule has 0 spiro atoms. The summed E-state index contributed by atoms with van der Waals surface area (Å²) in [6.07, 6.45) is 1.14. The van der Waals surface area contributed by atoms with Crippen molar-refractivity contribution >= 4 is 0 Å². The summed E-state index contributed by atoms with van der Waals surface area (Å²) in [5.41, 5.74) is 0.613. The topological polar surface area (TPSA) is 41.5 Å². The van der Waals surface area contributed by atoms with Crippen molar-refractivity contribution in [2.24, 2.45) is 0 Å². The highest BCUT2D eigenvalue weighted by Gasteiger charge is 2.11. The number of benzene rings is 1. The van der Waals surface area contributed by atoms with E-state index >= 15 is 0 Å². The molecule has 0 aromatic heterocycles. The maximum Gasteiger partial charge on any atom is 0.131 e. The number of nitrogens with one attached hydrogen (secondary N) is 1. The normalized spacial score (nSPS) is 14.3. The van der Waals surface area contributed by atoms with E-state index in [9.17, 15) is 9.50 Å². The Morgan fingerprint density at radius 2 is 2.17 bits per heavy atom. The number of aliphatic hydroxyl groups is 1. The molecule has 1 rings (SSSR count). The van der Waals surface area contributed by atoms with Crippen LogP contribution in [-0.4, -0.2) is 24.9 Å². The first-order chi connectivity index (χ1) is 8.58. The van der Waals surface area contributed by atoms with Crippen LogP contribution >= 0.6 is 0 Å². The zero-order valence-corrected chi connectivity index (χ0v) is 11.2. The van der Waals surface area contributed by atoms with E-state index in [0.29, 0.717) is 24.3 Å². The predicted molar refractivity (Wildman–Crippen MR) is 70.3 cm³/mol. The van der Waals surface area contributed by atoms with Gasteiger partial charge in [0.25, 0.3) is 0 Å². The molecule has 0 saturated carbocycles. The van der Waals surface area contributed by atoms with Gasteiger partial charge in [-0.2, -0.15) is 0 Å². The highest BCUT2D eigenvalue weighted by atomic mass is 19.1. The second-order valence-electron chi connectivity index (χ2n) is 4.41. The molecule has 102 valence electrons. The number of methoxy groups -OCH3 is 1. The average molecular weight is 255 g/mol. The maximum absolute atomic E-state index is 13.8. The lowest BCUT2D eigenvalue weighted by Crippen LogP contribution is -2.24. The molecule has 0 bridgehead atoms.